The van der Waals surface area contributed by atoms with Crippen molar-refractivity contribution in [2.75, 3.05) is 0 Å². The maximum atomic E-state index is 14.9. The molecule has 0 spiro atoms. The van der Waals surface area contributed by atoms with Gasteiger partial charge in [-0.05, 0) is 103 Å². The third kappa shape index (κ3) is 7.28. The van der Waals surface area contributed by atoms with Crippen LogP contribution >= 0.6 is 0 Å². The number of benzene rings is 8. The Morgan fingerprint density at radius 3 is 1.89 bits per heavy atom. The quantitative estimate of drug-likeness (QED) is 0.143. The molecule has 0 radical (unpaired) electrons. The summed E-state index contributed by atoms with van der Waals surface area (Å²) in [6.07, 6.45) is 1.89. The summed E-state index contributed by atoms with van der Waals surface area (Å²) in [4.78, 5) is 4.88. The molecular weight excluding hydrogens is 807 g/mol. The molecular formula is C58H42F2N4O+2. The molecule has 0 saturated heterocycles. The molecule has 1 aliphatic rings. The minimum Gasteiger partial charge on any atom is -0.457 e. The highest BCUT2D eigenvalue weighted by molar-refractivity contribution is 6.09. The first-order chi connectivity index (χ1) is 31.7. The van der Waals surface area contributed by atoms with Gasteiger partial charge in [-0.25, -0.2) is 13.8 Å². The number of pyridine rings is 1. The molecule has 0 aliphatic carbocycles. The lowest BCUT2D eigenvalue weighted by atomic mass is 9.88. The number of rotatable bonds is 8. The Kier molecular flexibility index (Phi) is 9.64. The minimum absolute atomic E-state index is 0.0533. The molecule has 2 aromatic heterocycles. The molecule has 312 valence electrons. The number of ether oxygens (including phenoxy) is 1. The molecule has 10 aromatic rings. The molecule has 0 amide bonds. The molecule has 0 atom stereocenters. The summed E-state index contributed by atoms with van der Waals surface area (Å²) in [7, 11) is 0. The van der Waals surface area contributed by atoms with Crippen molar-refractivity contribution in [3.8, 4) is 50.7 Å². The smallest absolute Gasteiger partial charge is 0.457 e. The van der Waals surface area contributed by atoms with Crippen molar-refractivity contribution < 1.29 is 13.5 Å². The second-order valence-corrected chi connectivity index (χ2v) is 17.4. The number of aromatic nitrogens is 2. The van der Waals surface area contributed by atoms with Gasteiger partial charge >= 0.3 is 6.01 Å². The number of nitrogens with zero attached hydrogens (tertiary/aromatic N) is 4. The summed E-state index contributed by atoms with van der Waals surface area (Å²) >= 11 is 0. The zero-order chi connectivity index (χ0) is 44.2. The van der Waals surface area contributed by atoms with Crippen LogP contribution in [0.4, 0.5) is 31.5 Å². The lowest BCUT2D eigenvalue weighted by molar-refractivity contribution is 0.483. The Bertz CT molecular complexity index is 3540. The maximum absolute atomic E-state index is 14.9. The molecule has 7 heteroatoms. The van der Waals surface area contributed by atoms with Crippen LogP contribution < -0.4 is 13.9 Å². The molecule has 3 heterocycles. The van der Waals surface area contributed by atoms with E-state index in [1.165, 1.54) is 17.7 Å². The second-order valence-electron chi connectivity index (χ2n) is 17.4. The van der Waals surface area contributed by atoms with Crippen molar-refractivity contribution >= 4 is 50.6 Å². The first-order valence-corrected chi connectivity index (χ1v) is 21.7. The van der Waals surface area contributed by atoms with Gasteiger partial charge in [0.25, 0.3) is 11.4 Å². The molecule has 0 saturated carbocycles. The van der Waals surface area contributed by atoms with Crippen LogP contribution in [-0.4, -0.2) is 15.6 Å². The average Bonchev–Trinajstić information content (AvgIpc) is 3.87. The van der Waals surface area contributed by atoms with Gasteiger partial charge in [-0.1, -0.05) is 118 Å². The van der Waals surface area contributed by atoms with Crippen molar-refractivity contribution in [1.82, 2.24) is 18.7 Å². The monoisotopic (exact) mass is 848 g/mol. The van der Waals surface area contributed by atoms with Crippen LogP contribution in [0.15, 0.2) is 200 Å². The average molecular weight is 849 g/mol. The van der Waals surface area contributed by atoms with E-state index < -0.39 is 11.6 Å². The minimum atomic E-state index is -0.648. The Labute approximate surface area is 375 Å². The van der Waals surface area contributed by atoms with Gasteiger partial charge in [-0.15, -0.1) is 0 Å². The lowest BCUT2D eigenvalue weighted by Gasteiger charge is -2.20. The summed E-state index contributed by atoms with van der Waals surface area (Å²) < 4.78 is 43.0. The van der Waals surface area contributed by atoms with Crippen LogP contribution in [0.2, 0.25) is 0 Å². The number of fused-ring (bicyclic) bond motifs is 4. The van der Waals surface area contributed by atoms with Crippen molar-refractivity contribution in [3.63, 3.8) is 0 Å². The summed E-state index contributed by atoms with van der Waals surface area (Å²) in [5.74, 6) is 0.853. The molecule has 0 unspecified atom stereocenters. The second kappa shape index (κ2) is 15.8. The number of halogens is 2. The first-order valence-electron chi connectivity index (χ1n) is 21.7. The fourth-order valence-electron chi connectivity index (χ4n) is 8.97. The molecule has 0 fully saturated rings. The Morgan fingerprint density at radius 1 is 0.508 bits per heavy atom. The zero-order valence-corrected chi connectivity index (χ0v) is 36.0. The van der Waals surface area contributed by atoms with Gasteiger partial charge in [0, 0.05) is 47.3 Å². The van der Waals surface area contributed by atoms with Crippen LogP contribution in [0, 0.1) is 11.6 Å². The van der Waals surface area contributed by atoms with E-state index in [1.807, 2.05) is 112 Å². The van der Waals surface area contributed by atoms with E-state index in [1.54, 1.807) is 0 Å². The van der Waals surface area contributed by atoms with E-state index >= 15 is 0 Å². The fourth-order valence-corrected chi connectivity index (χ4v) is 8.97. The Balaban J connectivity index is 1.11. The SMILES string of the molecule is CC(C)(C)c1ccnc(-n2c3ccccc3c3ccc(Oc4cc(-c5ccccc5)cc([N+]5=C=[N+](c6c(-c7ccccc7)cccc6-c6cc(F)cc(F)c6)c6ccccc65)c4)cc32)c1. The van der Waals surface area contributed by atoms with E-state index in [0.717, 1.165) is 78.7 Å². The molecule has 11 rings (SSSR count). The van der Waals surface area contributed by atoms with Gasteiger partial charge in [0.05, 0.1) is 28.2 Å². The summed E-state index contributed by atoms with van der Waals surface area (Å²) in [5, 5.41) is 2.23. The van der Waals surface area contributed by atoms with Crippen LogP contribution in [0.5, 0.6) is 11.5 Å². The topological polar surface area (TPSA) is 33.1 Å². The maximum Gasteiger partial charge on any atom is 0.503 e. The zero-order valence-electron chi connectivity index (χ0n) is 36.0. The molecule has 0 bridgehead atoms. The molecule has 5 nitrogen and oxygen atoms in total. The van der Waals surface area contributed by atoms with Gasteiger partial charge in [-0.2, -0.15) is 0 Å². The van der Waals surface area contributed by atoms with Crippen LogP contribution in [0.1, 0.15) is 26.3 Å². The van der Waals surface area contributed by atoms with Gasteiger partial charge < -0.3 is 4.74 Å². The predicted octanol–water partition coefficient (Wildman–Crippen LogP) is 15.4. The fraction of sp³-hybridized carbons (Fsp3) is 0.0690. The Morgan fingerprint density at radius 2 is 1.15 bits per heavy atom. The summed E-state index contributed by atoms with van der Waals surface area (Å²) in [6.45, 7) is 6.64. The molecule has 65 heavy (non-hydrogen) atoms. The standard InChI is InChI=1S/C58H42F2N4O/c1-58(2,3)42-27-28-61-56(33-42)64-52-22-11-10-19-50(52)51-26-25-46(36-55(51)64)65-47-32-40(38-15-6-4-7-16-38)31-45(35-47)62-37-63(54-24-13-12-23-53(54)62)57-48(39-17-8-5-9-18-39)20-14-21-49(57)41-29-43(59)34-44(60)30-41/h4-36H,1-3H3/q+2. The van der Waals surface area contributed by atoms with E-state index in [4.69, 9.17) is 9.72 Å². The normalized spacial score (nSPS) is 12.3. The van der Waals surface area contributed by atoms with Crippen molar-refractivity contribution in [2.24, 2.45) is 0 Å². The van der Waals surface area contributed by atoms with Crippen molar-refractivity contribution in [2.45, 2.75) is 26.2 Å². The predicted molar refractivity (Wildman–Crippen MR) is 261 cm³/mol. The van der Waals surface area contributed by atoms with E-state index in [2.05, 4.69) is 110 Å². The largest absolute Gasteiger partial charge is 0.503 e. The molecule has 8 aromatic carbocycles. The van der Waals surface area contributed by atoms with Crippen LogP contribution in [-0.2, 0) is 5.41 Å². The van der Waals surface area contributed by atoms with Crippen LogP contribution in [0.3, 0.4) is 0 Å². The third-order valence-corrected chi connectivity index (χ3v) is 12.1. The Hall–Kier alpha value is -8.25. The highest BCUT2D eigenvalue weighted by Crippen LogP contribution is 2.46. The van der Waals surface area contributed by atoms with Crippen LogP contribution in [0.25, 0.3) is 61.0 Å². The lowest BCUT2D eigenvalue weighted by Crippen LogP contribution is -2.12. The van der Waals surface area contributed by atoms with Gasteiger partial charge in [0.2, 0.25) is 11.4 Å². The molecule has 0 N–H and O–H groups in total. The molecule has 1 aliphatic heterocycles. The van der Waals surface area contributed by atoms with E-state index in [-0.39, 0.29) is 5.41 Å². The first kappa shape index (κ1) is 39.6. The van der Waals surface area contributed by atoms with E-state index in [0.29, 0.717) is 22.6 Å². The number of hydrogen-bond acceptors (Lipinski definition) is 2. The summed E-state index contributed by atoms with van der Waals surface area (Å²) in [6, 6.07) is 66.7. The van der Waals surface area contributed by atoms with E-state index in [9.17, 15) is 8.78 Å². The third-order valence-electron chi connectivity index (χ3n) is 12.1. The van der Waals surface area contributed by atoms with Gasteiger partial charge in [0.1, 0.15) is 29.0 Å². The van der Waals surface area contributed by atoms with Crippen molar-refractivity contribution in [3.05, 3.63) is 218 Å². The van der Waals surface area contributed by atoms with Crippen molar-refractivity contribution in [1.29, 1.82) is 0 Å². The number of para-hydroxylation sites is 4. The van der Waals surface area contributed by atoms with Gasteiger partial charge in [-0.3, -0.25) is 4.57 Å². The summed E-state index contributed by atoms with van der Waals surface area (Å²) in [5.41, 5.74) is 11.4. The highest BCUT2D eigenvalue weighted by atomic mass is 19.1. The number of hydrogen-bond donors (Lipinski definition) is 0. The van der Waals surface area contributed by atoms with Gasteiger partial charge in [0.15, 0.2) is 0 Å². The highest BCUT2D eigenvalue weighted by Gasteiger charge is 2.39.